The molecule has 5 heteroatoms. The fourth-order valence-corrected chi connectivity index (χ4v) is 2.60. The van der Waals surface area contributed by atoms with Crippen molar-refractivity contribution >= 4 is 0 Å². The number of aliphatic hydroxyl groups excluding tert-OH is 1. The largest absolute Gasteiger partial charge is 0.454 e. The second kappa shape index (κ2) is 5.00. The van der Waals surface area contributed by atoms with E-state index in [1.165, 1.54) is 5.56 Å². The van der Waals surface area contributed by atoms with E-state index in [0.29, 0.717) is 20.0 Å². The summed E-state index contributed by atoms with van der Waals surface area (Å²) in [5.41, 5.74) is 1.10. The Labute approximate surface area is 112 Å². The number of hydrogen-bond donors (Lipinski definition) is 1. The van der Waals surface area contributed by atoms with Gasteiger partial charge in [-0.1, -0.05) is 6.07 Å². The van der Waals surface area contributed by atoms with Crippen LogP contribution in [0.25, 0.3) is 0 Å². The van der Waals surface area contributed by atoms with E-state index in [4.69, 9.17) is 14.2 Å². The number of hydrogen-bond acceptors (Lipinski definition) is 5. The Kier molecular flexibility index (Phi) is 3.35. The first-order chi connectivity index (χ1) is 9.21. The Bertz CT molecular complexity index is 453. The number of nitrogens with zero attached hydrogens (tertiary/aromatic N) is 1. The molecule has 0 amide bonds. The molecule has 0 spiro atoms. The van der Waals surface area contributed by atoms with Gasteiger partial charge in [-0.05, 0) is 24.7 Å². The van der Waals surface area contributed by atoms with E-state index in [2.05, 4.69) is 11.9 Å². The summed E-state index contributed by atoms with van der Waals surface area (Å²) in [5.74, 6) is 1.63. The van der Waals surface area contributed by atoms with Gasteiger partial charge in [-0.2, -0.15) is 0 Å². The van der Waals surface area contributed by atoms with Gasteiger partial charge in [0.15, 0.2) is 11.5 Å². The lowest BCUT2D eigenvalue weighted by atomic mass is 9.86. The van der Waals surface area contributed by atoms with Gasteiger partial charge in [0.05, 0.1) is 25.2 Å². The number of benzene rings is 1. The van der Waals surface area contributed by atoms with Crippen molar-refractivity contribution in [2.45, 2.75) is 6.54 Å². The van der Waals surface area contributed by atoms with Crippen LogP contribution >= 0.6 is 0 Å². The molecule has 2 aliphatic heterocycles. The number of fused-ring (bicyclic) bond motifs is 1. The molecule has 2 aliphatic rings. The summed E-state index contributed by atoms with van der Waals surface area (Å²) in [5, 5.41) is 9.44. The maximum atomic E-state index is 9.44. The average molecular weight is 265 g/mol. The van der Waals surface area contributed by atoms with Crippen molar-refractivity contribution in [3.63, 3.8) is 0 Å². The van der Waals surface area contributed by atoms with Gasteiger partial charge in [0.25, 0.3) is 0 Å². The first kappa shape index (κ1) is 12.7. The topological polar surface area (TPSA) is 51.2 Å². The highest BCUT2D eigenvalue weighted by Gasteiger charge is 2.38. The molecule has 0 atom stereocenters. The molecule has 0 bridgehead atoms. The fourth-order valence-electron chi connectivity index (χ4n) is 2.60. The lowest BCUT2D eigenvalue weighted by Gasteiger charge is -2.42. The van der Waals surface area contributed by atoms with Gasteiger partial charge in [0.1, 0.15) is 0 Å². The molecule has 5 nitrogen and oxygen atoms in total. The van der Waals surface area contributed by atoms with E-state index in [9.17, 15) is 5.11 Å². The maximum Gasteiger partial charge on any atom is 0.231 e. The summed E-state index contributed by atoms with van der Waals surface area (Å²) in [4.78, 5) is 2.20. The van der Waals surface area contributed by atoms with Crippen molar-refractivity contribution in [1.29, 1.82) is 0 Å². The Hall–Kier alpha value is -1.30. The molecule has 1 aromatic rings. The summed E-state index contributed by atoms with van der Waals surface area (Å²) < 4.78 is 15.9. The quantitative estimate of drug-likeness (QED) is 0.855. The molecule has 1 fully saturated rings. The summed E-state index contributed by atoms with van der Waals surface area (Å²) in [6.45, 7) is 3.43. The molecule has 0 saturated carbocycles. The van der Waals surface area contributed by atoms with Gasteiger partial charge in [-0.3, -0.25) is 0 Å². The molecule has 1 aromatic carbocycles. The molecular weight excluding hydrogens is 246 g/mol. The molecule has 0 aromatic heterocycles. The molecule has 2 heterocycles. The minimum absolute atomic E-state index is 0.0783. The monoisotopic (exact) mass is 265 g/mol. The third-order valence-electron chi connectivity index (χ3n) is 3.65. The van der Waals surface area contributed by atoms with E-state index >= 15 is 0 Å². The molecule has 3 rings (SSSR count). The van der Waals surface area contributed by atoms with E-state index in [-0.39, 0.29) is 12.0 Å². The van der Waals surface area contributed by atoms with Gasteiger partial charge in [0.2, 0.25) is 6.79 Å². The van der Waals surface area contributed by atoms with Crippen molar-refractivity contribution in [3.8, 4) is 11.5 Å². The van der Waals surface area contributed by atoms with Crippen LogP contribution in [0.4, 0.5) is 0 Å². The third kappa shape index (κ3) is 2.54. The van der Waals surface area contributed by atoms with Crippen LogP contribution in [0.15, 0.2) is 18.2 Å². The van der Waals surface area contributed by atoms with E-state index in [1.807, 2.05) is 18.2 Å². The van der Waals surface area contributed by atoms with Crippen LogP contribution in [-0.2, 0) is 11.3 Å². The van der Waals surface area contributed by atoms with Crippen LogP contribution in [0, 0.1) is 5.41 Å². The summed E-state index contributed by atoms with van der Waals surface area (Å²) in [7, 11) is 2.06. The molecule has 0 radical (unpaired) electrons. The minimum atomic E-state index is -0.0783. The highest BCUT2D eigenvalue weighted by atomic mass is 16.7. The van der Waals surface area contributed by atoms with Gasteiger partial charge >= 0.3 is 0 Å². The number of aliphatic hydroxyl groups is 1. The molecule has 104 valence electrons. The predicted octanol–water partition coefficient (Wildman–Crippen LogP) is 0.856. The van der Waals surface area contributed by atoms with Crippen LogP contribution in [0.3, 0.4) is 0 Å². The molecule has 1 N–H and O–H groups in total. The Morgan fingerprint density at radius 1 is 1.26 bits per heavy atom. The average Bonchev–Trinajstić information content (AvgIpc) is 2.81. The van der Waals surface area contributed by atoms with E-state index in [1.54, 1.807) is 0 Å². The Balaban J connectivity index is 1.61. The van der Waals surface area contributed by atoms with Crippen molar-refractivity contribution in [3.05, 3.63) is 23.8 Å². The highest BCUT2D eigenvalue weighted by Crippen LogP contribution is 2.33. The SMILES string of the molecule is CN(Cc1ccc2c(c1)OCO2)CC1(CO)COC1. The minimum Gasteiger partial charge on any atom is -0.454 e. The molecule has 1 saturated heterocycles. The predicted molar refractivity (Wildman–Crippen MR) is 69.2 cm³/mol. The second-order valence-electron chi connectivity index (χ2n) is 5.51. The maximum absolute atomic E-state index is 9.44. The van der Waals surface area contributed by atoms with Gasteiger partial charge in [-0.25, -0.2) is 0 Å². The zero-order valence-corrected chi connectivity index (χ0v) is 11.1. The standard InChI is InChI=1S/C14H19NO4/c1-15(6-14(7-16)8-17-9-14)5-11-2-3-12-13(4-11)19-10-18-12/h2-4,16H,5-10H2,1H3. The van der Waals surface area contributed by atoms with E-state index < -0.39 is 0 Å². The summed E-state index contributed by atoms with van der Waals surface area (Å²) in [6, 6.07) is 6.01. The molecule has 0 aliphatic carbocycles. The van der Waals surface area contributed by atoms with Crippen LogP contribution in [-0.4, -0.2) is 50.2 Å². The van der Waals surface area contributed by atoms with Crippen LogP contribution in [0.2, 0.25) is 0 Å². The zero-order valence-electron chi connectivity index (χ0n) is 11.1. The number of ether oxygens (including phenoxy) is 3. The molecule has 0 unspecified atom stereocenters. The summed E-state index contributed by atoms with van der Waals surface area (Å²) in [6.07, 6.45) is 0. The lowest BCUT2D eigenvalue weighted by molar-refractivity contribution is -0.147. The first-order valence-corrected chi connectivity index (χ1v) is 6.46. The van der Waals surface area contributed by atoms with Gasteiger partial charge < -0.3 is 24.2 Å². The highest BCUT2D eigenvalue weighted by molar-refractivity contribution is 5.44. The van der Waals surface area contributed by atoms with Gasteiger partial charge in [0, 0.05) is 13.1 Å². The molecule has 19 heavy (non-hydrogen) atoms. The fraction of sp³-hybridized carbons (Fsp3) is 0.571. The number of rotatable bonds is 5. The van der Waals surface area contributed by atoms with Crippen molar-refractivity contribution in [2.24, 2.45) is 5.41 Å². The third-order valence-corrected chi connectivity index (χ3v) is 3.65. The Morgan fingerprint density at radius 3 is 2.74 bits per heavy atom. The summed E-state index contributed by atoms with van der Waals surface area (Å²) >= 11 is 0. The Morgan fingerprint density at radius 2 is 2.05 bits per heavy atom. The zero-order chi connectivity index (χ0) is 13.3. The normalized spacial score (nSPS) is 19.5. The van der Waals surface area contributed by atoms with Gasteiger partial charge in [-0.15, -0.1) is 0 Å². The van der Waals surface area contributed by atoms with E-state index in [0.717, 1.165) is 24.6 Å². The van der Waals surface area contributed by atoms with Crippen molar-refractivity contribution in [2.75, 3.05) is 40.2 Å². The van der Waals surface area contributed by atoms with Crippen molar-refractivity contribution in [1.82, 2.24) is 4.90 Å². The van der Waals surface area contributed by atoms with Crippen LogP contribution < -0.4 is 9.47 Å². The second-order valence-corrected chi connectivity index (χ2v) is 5.51. The van der Waals surface area contributed by atoms with Crippen LogP contribution in [0.1, 0.15) is 5.56 Å². The van der Waals surface area contributed by atoms with Crippen molar-refractivity contribution < 1.29 is 19.3 Å². The smallest absolute Gasteiger partial charge is 0.231 e. The molecular formula is C14H19NO4. The van der Waals surface area contributed by atoms with Crippen LogP contribution in [0.5, 0.6) is 11.5 Å². The lowest BCUT2D eigenvalue weighted by Crippen LogP contribution is -2.52. The first-order valence-electron chi connectivity index (χ1n) is 6.46.